The van der Waals surface area contributed by atoms with Crippen molar-refractivity contribution in [1.29, 1.82) is 0 Å². The standard InChI is InChI=1S/C13H12F2N4O2/c1-16-12-5-9(19(20)21)6-13(18-12)17-7-8-2-3-10(14)11(15)4-8/h2-6H,7H2,1H3,(H2,16,17,18). The Bertz CT molecular complexity index is 679. The number of nitrogens with zero attached hydrogens (tertiary/aromatic N) is 2. The molecule has 0 saturated heterocycles. The van der Waals surface area contributed by atoms with Crippen LogP contribution in [0.3, 0.4) is 0 Å². The SMILES string of the molecule is CNc1cc([N+](=O)[O-])cc(NCc2ccc(F)c(F)c2)n1. The van der Waals surface area contributed by atoms with E-state index in [2.05, 4.69) is 15.6 Å². The molecule has 1 heterocycles. The van der Waals surface area contributed by atoms with Crippen LogP contribution in [0.25, 0.3) is 0 Å². The Kier molecular flexibility index (Phi) is 4.27. The normalized spacial score (nSPS) is 10.2. The molecule has 2 rings (SSSR count). The third-order valence-corrected chi connectivity index (χ3v) is 2.73. The highest BCUT2D eigenvalue weighted by atomic mass is 19.2. The van der Waals surface area contributed by atoms with E-state index in [0.717, 1.165) is 12.1 Å². The second kappa shape index (κ2) is 6.12. The summed E-state index contributed by atoms with van der Waals surface area (Å²) in [4.78, 5) is 14.4. The number of hydrogen-bond donors (Lipinski definition) is 2. The van der Waals surface area contributed by atoms with E-state index >= 15 is 0 Å². The van der Waals surface area contributed by atoms with Gasteiger partial charge < -0.3 is 10.6 Å². The van der Waals surface area contributed by atoms with Gasteiger partial charge in [-0.2, -0.15) is 0 Å². The minimum atomic E-state index is -0.947. The summed E-state index contributed by atoms with van der Waals surface area (Å²) in [5.41, 5.74) is 0.371. The Balaban J connectivity index is 2.17. The first kappa shape index (κ1) is 14.6. The van der Waals surface area contributed by atoms with E-state index in [1.165, 1.54) is 18.2 Å². The largest absolute Gasteiger partial charge is 0.373 e. The first-order valence-corrected chi connectivity index (χ1v) is 6.01. The number of aromatic nitrogens is 1. The maximum Gasteiger partial charge on any atom is 0.276 e. The lowest BCUT2D eigenvalue weighted by Crippen LogP contribution is -2.05. The number of rotatable bonds is 5. The van der Waals surface area contributed by atoms with Crippen LogP contribution in [-0.4, -0.2) is 17.0 Å². The average molecular weight is 294 g/mol. The van der Waals surface area contributed by atoms with Crippen molar-refractivity contribution in [2.45, 2.75) is 6.54 Å². The minimum Gasteiger partial charge on any atom is -0.373 e. The second-order valence-corrected chi connectivity index (χ2v) is 4.20. The molecule has 0 fully saturated rings. The van der Waals surface area contributed by atoms with Crippen LogP contribution in [0, 0.1) is 21.7 Å². The average Bonchev–Trinajstić information content (AvgIpc) is 2.48. The number of benzene rings is 1. The van der Waals surface area contributed by atoms with Crippen molar-refractivity contribution in [2.75, 3.05) is 17.7 Å². The highest BCUT2D eigenvalue weighted by molar-refractivity contribution is 5.54. The molecule has 0 bridgehead atoms. The van der Waals surface area contributed by atoms with Gasteiger partial charge in [0.15, 0.2) is 11.6 Å². The zero-order chi connectivity index (χ0) is 15.4. The zero-order valence-corrected chi connectivity index (χ0v) is 11.1. The Morgan fingerprint density at radius 1 is 1.19 bits per heavy atom. The van der Waals surface area contributed by atoms with Crippen LogP contribution in [0.5, 0.6) is 0 Å². The van der Waals surface area contributed by atoms with E-state index in [9.17, 15) is 18.9 Å². The third kappa shape index (κ3) is 3.62. The van der Waals surface area contributed by atoms with E-state index < -0.39 is 16.6 Å². The predicted molar refractivity (Wildman–Crippen MR) is 74.1 cm³/mol. The van der Waals surface area contributed by atoms with Gasteiger partial charge in [-0.3, -0.25) is 10.1 Å². The molecule has 2 aromatic rings. The summed E-state index contributed by atoms with van der Waals surface area (Å²) in [7, 11) is 1.59. The Labute approximate surface area is 119 Å². The number of nitro groups is 1. The van der Waals surface area contributed by atoms with Crippen LogP contribution in [0.4, 0.5) is 26.1 Å². The quantitative estimate of drug-likeness (QED) is 0.654. The van der Waals surface area contributed by atoms with Gasteiger partial charge in [-0.15, -0.1) is 0 Å². The summed E-state index contributed by atoms with van der Waals surface area (Å²) in [6, 6.07) is 6.05. The highest BCUT2D eigenvalue weighted by Crippen LogP contribution is 2.21. The van der Waals surface area contributed by atoms with Gasteiger partial charge >= 0.3 is 0 Å². The van der Waals surface area contributed by atoms with Gasteiger partial charge in [-0.1, -0.05) is 6.07 Å². The number of hydrogen-bond acceptors (Lipinski definition) is 5. The number of halogens is 2. The molecule has 0 aliphatic carbocycles. The Morgan fingerprint density at radius 2 is 1.90 bits per heavy atom. The molecule has 0 aliphatic heterocycles. The zero-order valence-electron chi connectivity index (χ0n) is 11.1. The first-order valence-electron chi connectivity index (χ1n) is 6.01. The molecule has 2 N–H and O–H groups in total. The van der Waals surface area contributed by atoms with Crippen molar-refractivity contribution in [1.82, 2.24) is 4.98 Å². The maximum atomic E-state index is 13.1. The Morgan fingerprint density at radius 3 is 2.52 bits per heavy atom. The summed E-state index contributed by atoms with van der Waals surface area (Å²) in [5.74, 6) is -1.28. The van der Waals surface area contributed by atoms with E-state index in [-0.39, 0.29) is 18.1 Å². The van der Waals surface area contributed by atoms with Crippen LogP contribution < -0.4 is 10.6 Å². The molecule has 8 heteroatoms. The summed E-state index contributed by atoms with van der Waals surface area (Å²) < 4.78 is 25.9. The fourth-order valence-corrected chi connectivity index (χ4v) is 1.68. The van der Waals surface area contributed by atoms with Gasteiger partial charge in [0.1, 0.15) is 11.6 Å². The number of pyridine rings is 1. The van der Waals surface area contributed by atoms with E-state index in [1.54, 1.807) is 7.05 Å². The van der Waals surface area contributed by atoms with Crippen molar-refractivity contribution in [3.63, 3.8) is 0 Å². The van der Waals surface area contributed by atoms with E-state index in [1.807, 2.05) is 0 Å². The molecule has 6 nitrogen and oxygen atoms in total. The summed E-state index contributed by atoms with van der Waals surface area (Å²) in [6.07, 6.45) is 0. The molecular formula is C13H12F2N4O2. The predicted octanol–water partition coefficient (Wildman–Crippen LogP) is 2.92. The number of anilines is 2. The lowest BCUT2D eigenvalue weighted by molar-refractivity contribution is -0.384. The summed E-state index contributed by atoms with van der Waals surface area (Å²) >= 11 is 0. The molecule has 0 amide bonds. The molecule has 0 unspecified atom stereocenters. The van der Waals surface area contributed by atoms with Crippen LogP contribution in [-0.2, 0) is 6.54 Å². The van der Waals surface area contributed by atoms with E-state index in [4.69, 9.17) is 0 Å². The summed E-state index contributed by atoms with van der Waals surface area (Å²) in [6.45, 7) is 0.161. The van der Waals surface area contributed by atoms with Gasteiger partial charge in [0.2, 0.25) is 0 Å². The molecule has 21 heavy (non-hydrogen) atoms. The molecule has 0 radical (unpaired) electrons. The smallest absolute Gasteiger partial charge is 0.276 e. The lowest BCUT2D eigenvalue weighted by atomic mass is 10.2. The maximum absolute atomic E-state index is 13.1. The van der Waals surface area contributed by atoms with Crippen molar-refractivity contribution < 1.29 is 13.7 Å². The molecule has 0 spiro atoms. The van der Waals surface area contributed by atoms with Crippen molar-refractivity contribution in [3.8, 4) is 0 Å². The van der Waals surface area contributed by atoms with Gasteiger partial charge in [0.05, 0.1) is 17.1 Å². The monoisotopic (exact) mass is 294 g/mol. The van der Waals surface area contributed by atoms with Crippen LogP contribution in [0.15, 0.2) is 30.3 Å². The van der Waals surface area contributed by atoms with Crippen LogP contribution in [0.1, 0.15) is 5.56 Å². The van der Waals surface area contributed by atoms with E-state index in [0.29, 0.717) is 11.4 Å². The molecular weight excluding hydrogens is 282 g/mol. The van der Waals surface area contributed by atoms with Crippen molar-refractivity contribution in [3.05, 3.63) is 57.6 Å². The Hall–Kier alpha value is -2.77. The topological polar surface area (TPSA) is 80.1 Å². The van der Waals surface area contributed by atoms with Gasteiger partial charge in [-0.05, 0) is 17.7 Å². The molecule has 0 aliphatic rings. The van der Waals surface area contributed by atoms with Gasteiger partial charge in [0, 0.05) is 13.6 Å². The molecule has 0 atom stereocenters. The fourth-order valence-electron chi connectivity index (χ4n) is 1.68. The van der Waals surface area contributed by atoms with Gasteiger partial charge in [-0.25, -0.2) is 13.8 Å². The first-order chi connectivity index (χ1) is 9.99. The molecule has 0 saturated carbocycles. The van der Waals surface area contributed by atoms with Crippen LogP contribution in [0.2, 0.25) is 0 Å². The molecule has 1 aromatic carbocycles. The number of nitrogens with one attached hydrogen (secondary N) is 2. The minimum absolute atomic E-state index is 0.123. The lowest BCUT2D eigenvalue weighted by Gasteiger charge is -2.08. The van der Waals surface area contributed by atoms with Gasteiger partial charge in [0.25, 0.3) is 5.69 Å². The van der Waals surface area contributed by atoms with Crippen molar-refractivity contribution >= 4 is 17.3 Å². The van der Waals surface area contributed by atoms with Crippen LogP contribution >= 0.6 is 0 Å². The molecule has 1 aromatic heterocycles. The highest BCUT2D eigenvalue weighted by Gasteiger charge is 2.11. The third-order valence-electron chi connectivity index (χ3n) is 2.73. The van der Waals surface area contributed by atoms with Crippen molar-refractivity contribution in [2.24, 2.45) is 0 Å². The summed E-state index contributed by atoms with van der Waals surface area (Å²) in [5, 5.41) is 16.4. The second-order valence-electron chi connectivity index (χ2n) is 4.20. The fraction of sp³-hybridized carbons (Fsp3) is 0.154. The molecule has 110 valence electrons.